The number of rotatable bonds is 4. The summed E-state index contributed by atoms with van der Waals surface area (Å²) in [6.45, 7) is 11.3. The molecule has 2 nitrogen and oxygen atoms in total. The van der Waals surface area contributed by atoms with Crippen molar-refractivity contribution >= 4 is 0 Å². The number of phenolic OH excluding ortho intramolecular Hbond substituents is 2. The van der Waals surface area contributed by atoms with Crippen LogP contribution in [0.4, 0.5) is 0 Å². The molecule has 0 radical (unpaired) electrons. The van der Waals surface area contributed by atoms with Crippen LogP contribution in [0.25, 0.3) is 0 Å². The van der Waals surface area contributed by atoms with Gasteiger partial charge in [0.2, 0.25) is 0 Å². The molecule has 0 unspecified atom stereocenters. The van der Waals surface area contributed by atoms with Gasteiger partial charge in [-0.05, 0) is 83.6 Å². The van der Waals surface area contributed by atoms with Crippen LogP contribution in [0.15, 0.2) is 42.5 Å². The molecule has 28 heavy (non-hydrogen) atoms. The van der Waals surface area contributed by atoms with E-state index in [2.05, 4.69) is 52.8 Å². The second kappa shape index (κ2) is 7.81. The molecule has 152 valence electrons. The Balaban J connectivity index is 1.76. The third-order valence-electron chi connectivity index (χ3n) is 6.30. The highest BCUT2D eigenvalue weighted by Gasteiger charge is 2.32. The van der Waals surface area contributed by atoms with Crippen molar-refractivity contribution in [1.29, 1.82) is 0 Å². The lowest BCUT2D eigenvalue weighted by molar-refractivity contribution is 0.277. The Hall–Kier alpha value is -1.96. The maximum absolute atomic E-state index is 11.2. The number of aromatic hydroxyl groups is 2. The van der Waals surface area contributed by atoms with Crippen LogP contribution in [0.5, 0.6) is 11.5 Å². The third kappa shape index (κ3) is 4.71. The van der Waals surface area contributed by atoms with Crippen molar-refractivity contribution in [2.24, 2.45) is 5.41 Å². The molecule has 0 amide bonds. The molecular weight excluding hydrogens is 344 g/mol. The Morgan fingerprint density at radius 1 is 0.786 bits per heavy atom. The molecule has 0 atom stereocenters. The van der Waals surface area contributed by atoms with Crippen molar-refractivity contribution < 1.29 is 10.2 Å². The minimum atomic E-state index is -0.0540. The summed E-state index contributed by atoms with van der Waals surface area (Å²) in [6, 6.07) is 14.0. The molecule has 2 N–H and O–H groups in total. The van der Waals surface area contributed by atoms with Gasteiger partial charge >= 0.3 is 0 Å². The van der Waals surface area contributed by atoms with E-state index < -0.39 is 0 Å². The SMILES string of the molecule is CC(C)(C)CC(C)(C)c1cccc(C2CCC(c3ccc(O)cc3)CC2)c1O. The topological polar surface area (TPSA) is 40.5 Å². The third-order valence-corrected chi connectivity index (χ3v) is 6.30. The first-order valence-corrected chi connectivity index (χ1v) is 10.7. The fourth-order valence-electron chi connectivity index (χ4n) is 5.34. The molecule has 0 saturated heterocycles. The van der Waals surface area contributed by atoms with Gasteiger partial charge in [0.1, 0.15) is 11.5 Å². The molecule has 1 aliphatic rings. The van der Waals surface area contributed by atoms with Crippen molar-refractivity contribution in [1.82, 2.24) is 0 Å². The Kier molecular flexibility index (Phi) is 5.79. The van der Waals surface area contributed by atoms with E-state index in [1.807, 2.05) is 12.1 Å². The van der Waals surface area contributed by atoms with E-state index >= 15 is 0 Å². The highest BCUT2D eigenvalue weighted by atomic mass is 16.3. The van der Waals surface area contributed by atoms with Crippen LogP contribution in [0, 0.1) is 5.41 Å². The molecule has 0 spiro atoms. The average molecular weight is 381 g/mol. The van der Waals surface area contributed by atoms with Crippen LogP contribution < -0.4 is 0 Å². The van der Waals surface area contributed by atoms with Crippen LogP contribution in [0.3, 0.4) is 0 Å². The maximum atomic E-state index is 11.2. The van der Waals surface area contributed by atoms with E-state index in [9.17, 15) is 10.2 Å². The fraction of sp³-hybridized carbons (Fsp3) is 0.538. The van der Waals surface area contributed by atoms with E-state index in [0.717, 1.165) is 43.2 Å². The van der Waals surface area contributed by atoms with Crippen molar-refractivity contribution in [3.63, 3.8) is 0 Å². The lowest BCUT2D eigenvalue weighted by Crippen LogP contribution is -2.25. The van der Waals surface area contributed by atoms with Gasteiger partial charge < -0.3 is 10.2 Å². The zero-order valence-corrected chi connectivity index (χ0v) is 18.1. The van der Waals surface area contributed by atoms with Crippen molar-refractivity contribution in [3.8, 4) is 11.5 Å². The lowest BCUT2D eigenvalue weighted by Gasteiger charge is -2.35. The summed E-state index contributed by atoms with van der Waals surface area (Å²) in [5.41, 5.74) is 3.69. The number of phenols is 2. The summed E-state index contributed by atoms with van der Waals surface area (Å²) in [4.78, 5) is 0. The minimum Gasteiger partial charge on any atom is -0.508 e. The molecule has 2 aromatic rings. The van der Waals surface area contributed by atoms with Gasteiger partial charge in [0.15, 0.2) is 0 Å². The lowest BCUT2D eigenvalue weighted by atomic mass is 9.70. The Morgan fingerprint density at radius 2 is 1.36 bits per heavy atom. The molecule has 1 saturated carbocycles. The van der Waals surface area contributed by atoms with Crippen LogP contribution in [0.1, 0.15) is 95.2 Å². The molecule has 0 heterocycles. The average Bonchev–Trinajstić information content (AvgIpc) is 2.61. The standard InChI is InChI=1S/C26H36O2/c1-25(2,3)17-26(4,5)23-8-6-7-22(24(23)28)20-11-9-18(10-12-20)19-13-15-21(27)16-14-19/h6-8,13-16,18,20,27-28H,9-12,17H2,1-5H3. The number of benzene rings is 2. The second-order valence-electron chi connectivity index (χ2n) is 10.5. The van der Waals surface area contributed by atoms with Gasteiger partial charge in [0, 0.05) is 0 Å². The van der Waals surface area contributed by atoms with Gasteiger partial charge in [-0.3, -0.25) is 0 Å². The van der Waals surface area contributed by atoms with Crippen LogP contribution >= 0.6 is 0 Å². The quantitative estimate of drug-likeness (QED) is 0.586. The van der Waals surface area contributed by atoms with Crippen LogP contribution in [-0.4, -0.2) is 10.2 Å². The first kappa shape index (κ1) is 20.8. The number of hydrogen-bond donors (Lipinski definition) is 2. The number of hydrogen-bond acceptors (Lipinski definition) is 2. The summed E-state index contributed by atoms with van der Waals surface area (Å²) < 4.78 is 0. The second-order valence-corrected chi connectivity index (χ2v) is 10.5. The first-order valence-electron chi connectivity index (χ1n) is 10.7. The Labute approximate surface area is 170 Å². The van der Waals surface area contributed by atoms with Crippen molar-refractivity contribution in [2.75, 3.05) is 0 Å². The highest BCUT2D eigenvalue weighted by Crippen LogP contribution is 2.47. The van der Waals surface area contributed by atoms with Gasteiger partial charge in [-0.25, -0.2) is 0 Å². The zero-order chi connectivity index (χ0) is 20.5. The van der Waals surface area contributed by atoms with Crippen LogP contribution in [-0.2, 0) is 5.41 Å². The molecule has 2 heteroatoms. The molecule has 0 aliphatic heterocycles. The first-order chi connectivity index (χ1) is 13.1. The number of para-hydroxylation sites is 1. The summed E-state index contributed by atoms with van der Waals surface area (Å²) in [7, 11) is 0. The largest absolute Gasteiger partial charge is 0.508 e. The maximum Gasteiger partial charge on any atom is 0.122 e. The zero-order valence-electron chi connectivity index (χ0n) is 18.1. The molecule has 0 bridgehead atoms. The molecule has 1 aliphatic carbocycles. The van der Waals surface area contributed by atoms with E-state index in [1.54, 1.807) is 12.1 Å². The normalized spacial score (nSPS) is 20.9. The van der Waals surface area contributed by atoms with Gasteiger partial charge in [-0.2, -0.15) is 0 Å². The molecule has 0 aromatic heterocycles. The summed E-state index contributed by atoms with van der Waals surface area (Å²) in [5, 5.41) is 20.7. The molecule has 3 rings (SSSR count). The monoisotopic (exact) mass is 380 g/mol. The Morgan fingerprint density at radius 3 is 1.93 bits per heavy atom. The van der Waals surface area contributed by atoms with Gasteiger partial charge in [0.05, 0.1) is 0 Å². The van der Waals surface area contributed by atoms with Crippen molar-refractivity contribution in [2.45, 2.75) is 84.0 Å². The fourth-order valence-corrected chi connectivity index (χ4v) is 5.34. The van der Waals surface area contributed by atoms with Gasteiger partial charge in [0.25, 0.3) is 0 Å². The molecular formula is C26H36O2. The smallest absolute Gasteiger partial charge is 0.122 e. The van der Waals surface area contributed by atoms with Gasteiger partial charge in [-0.15, -0.1) is 0 Å². The van der Waals surface area contributed by atoms with E-state index in [0.29, 0.717) is 23.3 Å². The predicted octanol–water partition coefficient (Wildman–Crippen LogP) is 7.25. The van der Waals surface area contributed by atoms with Crippen molar-refractivity contribution in [3.05, 3.63) is 59.2 Å². The predicted molar refractivity (Wildman–Crippen MR) is 117 cm³/mol. The van der Waals surface area contributed by atoms with E-state index in [4.69, 9.17) is 0 Å². The van der Waals surface area contributed by atoms with E-state index in [-0.39, 0.29) is 10.8 Å². The Bertz CT molecular complexity index is 788. The minimum absolute atomic E-state index is 0.0540. The summed E-state index contributed by atoms with van der Waals surface area (Å²) in [6.07, 6.45) is 5.49. The van der Waals surface area contributed by atoms with Crippen LogP contribution in [0.2, 0.25) is 0 Å². The summed E-state index contributed by atoms with van der Waals surface area (Å²) >= 11 is 0. The van der Waals surface area contributed by atoms with E-state index in [1.165, 1.54) is 5.56 Å². The molecule has 1 fully saturated rings. The highest BCUT2D eigenvalue weighted by molar-refractivity contribution is 5.46. The molecule has 2 aromatic carbocycles. The van der Waals surface area contributed by atoms with Gasteiger partial charge in [-0.1, -0.05) is 65.0 Å². The summed E-state index contributed by atoms with van der Waals surface area (Å²) in [5.74, 6) is 1.83.